The van der Waals surface area contributed by atoms with Gasteiger partial charge in [0.2, 0.25) is 34.8 Å². The number of halogens is 5. The normalized spacial score (nSPS) is 12.1. The summed E-state index contributed by atoms with van der Waals surface area (Å²) in [6.45, 7) is 0.372. The number of fused-ring (bicyclic) bond motifs is 3. The van der Waals surface area contributed by atoms with Gasteiger partial charge in [-0.05, 0) is 22.3 Å². The van der Waals surface area contributed by atoms with Gasteiger partial charge < -0.3 is 24.3 Å². The molecule has 1 aliphatic rings. The number of esters is 1. The minimum absolute atomic E-state index is 0.0285. The van der Waals surface area contributed by atoms with Crippen molar-refractivity contribution in [3.05, 3.63) is 88.7 Å². The fourth-order valence-electron chi connectivity index (χ4n) is 4.19. The van der Waals surface area contributed by atoms with E-state index in [1.54, 1.807) is 0 Å². The number of hydrogen-bond acceptors (Lipinski definition) is 6. The zero-order chi connectivity index (χ0) is 28.6. The molecule has 1 amide bonds. The Bertz CT molecular complexity index is 1310. The zero-order valence-electron chi connectivity index (χ0n) is 21.0. The third kappa shape index (κ3) is 6.57. The Labute approximate surface area is 225 Å². The van der Waals surface area contributed by atoms with Crippen LogP contribution < -0.4 is 10.1 Å². The van der Waals surface area contributed by atoms with Crippen molar-refractivity contribution < 1.29 is 50.5 Å². The quantitative estimate of drug-likeness (QED) is 0.0807. The Kier molecular flexibility index (Phi) is 9.67. The molecular weight excluding hydrogens is 541 g/mol. The van der Waals surface area contributed by atoms with Crippen LogP contribution in [0.15, 0.2) is 48.5 Å². The van der Waals surface area contributed by atoms with Gasteiger partial charge >= 0.3 is 12.1 Å². The topological polar surface area (TPSA) is 83.1 Å². The standard InChI is InChI=1S/C28H24F5NO6/c29-22-23(30)25(32)27(26(33)24(22)31)40-21(35)9-11-37-13-14-38-12-10-34-28(36)39-15-20-18-7-3-1-5-16(18)17-6-2-4-8-19(17)20/h1-8,20H,9-15H2,(H,34,36). The third-order valence-electron chi connectivity index (χ3n) is 6.07. The molecule has 7 nitrogen and oxygen atoms in total. The number of alkyl carbamates (subject to hydrolysis) is 1. The molecule has 0 aliphatic heterocycles. The van der Waals surface area contributed by atoms with Crippen LogP contribution in [0.4, 0.5) is 26.7 Å². The molecule has 0 radical (unpaired) electrons. The Balaban J connectivity index is 1.07. The molecule has 3 aromatic carbocycles. The smallest absolute Gasteiger partial charge is 0.407 e. The van der Waals surface area contributed by atoms with Gasteiger partial charge in [-0.2, -0.15) is 8.78 Å². The maximum Gasteiger partial charge on any atom is 0.407 e. The summed E-state index contributed by atoms with van der Waals surface area (Å²) in [6.07, 6.45) is -1.10. The van der Waals surface area contributed by atoms with Crippen LogP contribution in [-0.2, 0) is 19.0 Å². The first-order chi connectivity index (χ1) is 19.3. The van der Waals surface area contributed by atoms with Crippen LogP contribution in [0.25, 0.3) is 11.1 Å². The summed E-state index contributed by atoms with van der Waals surface area (Å²) in [5.41, 5.74) is 4.46. The molecule has 0 bridgehead atoms. The van der Waals surface area contributed by atoms with Gasteiger partial charge in [0.1, 0.15) is 6.61 Å². The number of carbonyl (C=O) groups excluding carboxylic acids is 2. The van der Waals surface area contributed by atoms with Crippen LogP contribution >= 0.6 is 0 Å². The highest BCUT2D eigenvalue weighted by Gasteiger charge is 2.30. The summed E-state index contributed by atoms with van der Waals surface area (Å²) in [5, 5.41) is 2.59. The lowest BCUT2D eigenvalue weighted by atomic mass is 9.98. The highest BCUT2D eigenvalue weighted by atomic mass is 19.2. The van der Waals surface area contributed by atoms with Crippen molar-refractivity contribution in [2.75, 3.05) is 39.6 Å². The van der Waals surface area contributed by atoms with E-state index in [0.29, 0.717) is 0 Å². The van der Waals surface area contributed by atoms with E-state index in [2.05, 4.69) is 10.1 Å². The van der Waals surface area contributed by atoms with Crippen molar-refractivity contribution in [3.63, 3.8) is 0 Å². The maximum atomic E-state index is 13.5. The summed E-state index contributed by atoms with van der Waals surface area (Å²) < 4.78 is 86.5. The van der Waals surface area contributed by atoms with Crippen LogP contribution in [0.5, 0.6) is 5.75 Å². The summed E-state index contributed by atoms with van der Waals surface area (Å²) in [5.74, 6) is -14.3. The van der Waals surface area contributed by atoms with E-state index in [4.69, 9.17) is 14.2 Å². The van der Waals surface area contributed by atoms with Crippen molar-refractivity contribution in [2.24, 2.45) is 0 Å². The Morgan fingerprint density at radius 1 is 0.700 bits per heavy atom. The lowest BCUT2D eigenvalue weighted by Crippen LogP contribution is -2.29. The van der Waals surface area contributed by atoms with Gasteiger partial charge in [-0.15, -0.1) is 0 Å². The summed E-state index contributed by atoms with van der Waals surface area (Å²) in [7, 11) is 0. The first-order valence-corrected chi connectivity index (χ1v) is 12.3. The van der Waals surface area contributed by atoms with Gasteiger partial charge in [-0.25, -0.2) is 18.0 Å². The number of hydrogen-bond donors (Lipinski definition) is 1. The molecule has 1 N–H and O–H groups in total. The van der Waals surface area contributed by atoms with Crippen LogP contribution in [0.3, 0.4) is 0 Å². The van der Waals surface area contributed by atoms with Crippen molar-refractivity contribution in [1.82, 2.24) is 5.32 Å². The van der Waals surface area contributed by atoms with Crippen LogP contribution in [0.1, 0.15) is 23.5 Å². The highest BCUT2D eigenvalue weighted by molar-refractivity contribution is 5.79. The van der Waals surface area contributed by atoms with Crippen molar-refractivity contribution in [3.8, 4) is 16.9 Å². The van der Waals surface area contributed by atoms with Gasteiger partial charge in [0.05, 0.1) is 32.8 Å². The molecule has 0 unspecified atom stereocenters. The average molecular weight is 565 g/mol. The van der Waals surface area contributed by atoms with Gasteiger partial charge in [-0.1, -0.05) is 48.5 Å². The van der Waals surface area contributed by atoms with E-state index in [0.717, 1.165) is 22.3 Å². The molecular formula is C28H24F5NO6. The van der Waals surface area contributed by atoms with Crippen LogP contribution in [0, 0.1) is 29.1 Å². The monoisotopic (exact) mass is 565 g/mol. The van der Waals surface area contributed by atoms with Crippen LogP contribution in [0.2, 0.25) is 0 Å². The number of carbonyl (C=O) groups is 2. The molecule has 4 rings (SSSR count). The SMILES string of the molecule is O=C(CCOCCOCCNC(=O)OCC1c2ccccc2-c2ccccc21)Oc1c(F)c(F)c(F)c(F)c1F. The predicted molar refractivity (Wildman–Crippen MR) is 131 cm³/mol. The lowest BCUT2D eigenvalue weighted by molar-refractivity contribution is -0.136. The number of benzene rings is 3. The van der Waals surface area contributed by atoms with Crippen molar-refractivity contribution >= 4 is 12.1 Å². The highest BCUT2D eigenvalue weighted by Crippen LogP contribution is 2.44. The third-order valence-corrected chi connectivity index (χ3v) is 6.07. The van der Waals surface area contributed by atoms with E-state index < -0.39 is 53.3 Å². The number of rotatable bonds is 12. The molecule has 0 heterocycles. The van der Waals surface area contributed by atoms with Crippen molar-refractivity contribution in [1.29, 1.82) is 0 Å². The minimum atomic E-state index is -2.35. The van der Waals surface area contributed by atoms with E-state index >= 15 is 0 Å². The minimum Gasteiger partial charge on any atom is -0.449 e. The summed E-state index contributed by atoms with van der Waals surface area (Å²) in [6, 6.07) is 16.0. The number of ether oxygens (including phenoxy) is 4. The second-order valence-corrected chi connectivity index (χ2v) is 8.60. The lowest BCUT2D eigenvalue weighted by Gasteiger charge is -2.14. The Morgan fingerprint density at radius 2 is 1.23 bits per heavy atom. The van der Waals surface area contributed by atoms with Crippen LogP contribution in [-0.4, -0.2) is 51.6 Å². The van der Waals surface area contributed by atoms with Gasteiger partial charge in [-0.3, -0.25) is 4.79 Å². The number of amides is 1. The largest absolute Gasteiger partial charge is 0.449 e. The molecule has 0 aromatic heterocycles. The maximum absolute atomic E-state index is 13.5. The Hall–Kier alpha value is -4.03. The first kappa shape index (κ1) is 29.0. The molecule has 0 atom stereocenters. The second-order valence-electron chi connectivity index (χ2n) is 8.60. The molecule has 3 aromatic rings. The molecule has 1 aliphatic carbocycles. The molecule has 12 heteroatoms. The van der Waals surface area contributed by atoms with E-state index in [1.165, 1.54) is 0 Å². The van der Waals surface area contributed by atoms with E-state index in [1.807, 2.05) is 48.5 Å². The summed E-state index contributed by atoms with van der Waals surface area (Å²) >= 11 is 0. The second kappa shape index (κ2) is 13.4. The van der Waals surface area contributed by atoms with E-state index in [9.17, 15) is 31.5 Å². The predicted octanol–water partition coefficient (Wildman–Crippen LogP) is 5.25. The fourth-order valence-corrected chi connectivity index (χ4v) is 4.19. The molecule has 40 heavy (non-hydrogen) atoms. The molecule has 0 saturated heterocycles. The first-order valence-electron chi connectivity index (χ1n) is 12.3. The molecule has 0 fully saturated rings. The van der Waals surface area contributed by atoms with Gasteiger partial charge in [0.25, 0.3) is 0 Å². The average Bonchev–Trinajstić information content (AvgIpc) is 3.29. The van der Waals surface area contributed by atoms with E-state index in [-0.39, 0.29) is 45.5 Å². The Morgan fingerprint density at radius 3 is 1.82 bits per heavy atom. The summed E-state index contributed by atoms with van der Waals surface area (Å²) in [4.78, 5) is 23.8. The zero-order valence-corrected chi connectivity index (χ0v) is 21.0. The van der Waals surface area contributed by atoms with Crippen molar-refractivity contribution in [2.45, 2.75) is 12.3 Å². The fraction of sp³-hybridized carbons (Fsp3) is 0.286. The van der Waals surface area contributed by atoms with Gasteiger partial charge in [0, 0.05) is 12.5 Å². The number of nitrogens with one attached hydrogen (secondary N) is 1. The van der Waals surface area contributed by atoms with Gasteiger partial charge in [0.15, 0.2) is 0 Å². The molecule has 0 spiro atoms. The molecule has 0 saturated carbocycles. The molecule has 212 valence electrons.